The van der Waals surface area contributed by atoms with Gasteiger partial charge in [0.25, 0.3) is 0 Å². The monoisotopic (exact) mass is 221 g/mol. The van der Waals surface area contributed by atoms with Crippen LogP contribution in [-0.4, -0.2) is 11.3 Å². The first-order valence-corrected chi connectivity index (χ1v) is 6.67. The predicted molar refractivity (Wildman–Crippen MR) is 67.3 cm³/mol. The molecule has 82 valence electrons. The Balaban J connectivity index is 1.85. The molecule has 0 bridgehead atoms. The normalized spacial score (nSPS) is 21.3. The van der Waals surface area contributed by atoms with E-state index in [1.165, 1.54) is 29.7 Å². The Hall–Kier alpha value is -0.470. The fourth-order valence-electron chi connectivity index (χ4n) is 2.02. The van der Waals surface area contributed by atoms with Crippen molar-refractivity contribution in [2.75, 3.05) is 0 Å². The van der Waals surface area contributed by atoms with Crippen molar-refractivity contribution in [1.82, 2.24) is 0 Å². The maximum Gasteiger partial charge on any atom is 0.0136 e. The molecule has 0 spiro atoms. The minimum absolute atomic E-state index is 0.398. The number of hydrogen-bond acceptors (Lipinski definition) is 2. The van der Waals surface area contributed by atoms with E-state index in [2.05, 4.69) is 31.2 Å². The Morgan fingerprint density at radius 1 is 1.47 bits per heavy atom. The first-order chi connectivity index (χ1) is 7.29. The Labute approximate surface area is 96.4 Å². The zero-order valence-electron chi connectivity index (χ0n) is 9.28. The summed E-state index contributed by atoms with van der Waals surface area (Å²) in [6.07, 6.45) is 4.76. The first-order valence-electron chi connectivity index (χ1n) is 5.79. The average Bonchev–Trinajstić information content (AvgIpc) is 2.68. The minimum Gasteiger partial charge on any atom is -0.328 e. The van der Waals surface area contributed by atoms with Crippen LogP contribution < -0.4 is 5.73 Å². The lowest BCUT2D eigenvalue weighted by molar-refractivity contribution is 0.559. The standard InChI is InChI=1S/C13H19NS/c1-2-11(14)7-8-12-9-10-5-3-4-6-13(10)15-12/h3-6,11-12H,2,7-9,14H2,1H3. The maximum absolute atomic E-state index is 5.95. The molecule has 0 aromatic heterocycles. The van der Waals surface area contributed by atoms with Gasteiger partial charge in [-0.15, -0.1) is 11.8 Å². The molecule has 2 rings (SSSR count). The van der Waals surface area contributed by atoms with Crippen molar-refractivity contribution in [2.24, 2.45) is 5.73 Å². The molecular formula is C13H19NS. The van der Waals surface area contributed by atoms with Crippen molar-refractivity contribution in [3.63, 3.8) is 0 Å². The molecule has 2 unspecified atom stereocenters. The van der Waals surface area contributed by atoms with E-state index >= 15 is 0 Å². The summed E-state index contributed by atoms with van der Waals surface area (Å²) < 4.78 is 0. The van der Waals surface area contributed by atoms with E-state index in [1.54, 1.807) is 0 Å². The summed E-state index contributed by atoms with van der Waals surface area (Å²) >= 11 is 2.03. The Bertz CT molecular complexity index is 299. The van der Waals surface area contributed by atoms with E-state index in [0.29, 0.717) is 6.04 Å². The van der Waals surface area contributed by atoms with Crippen LogP contribution in [0.3, 0.4) is 0 Å². The van der Waals surface area contributed by atoms with Crippen LogP contribution in [0.15, 0.2) is 29.2 Å². The van der Waals surface area contributed by atoms with Crippen LogP contribution in [0.5, 0.6) is 0 Å². The molecule has 2 heteroatoms. The highest BCUT2D eigenvalue weighted by molar-refractivity contribution is 8.00. The van der Waals surface area contributed by atoms with Gasteiger partial charge in [-0.05, 0) is 37.3 Å². The molecule has 1 aromatic carbocycles. The fourth-order valence-corrected chi connectivity index (χ4v) is 3.35. The number of benzene rings is 1. The van der Waals surface area contributed by atoms with Crippen LogP contribution in [0, 0.1) is 0 Å². The van der Waals surface area contributed by atoms with Crippen LogP contribution in [0.4, 0.5) is 0 Å². The smallest absolute Gasteiger partial charge is 0.0136 e. The maximum atomic E-state index is 5.95. The number of fused-ring (bicyclic) bond motifs is 1. The van der Waals surface area contributed by atoms with Crippen molar-refractivity contribution < 1.29 is 0 Å². The summed E-state index contributed by atoms with van der Waals surface area (Å²) in [6, 6.07) is 9.15. The summed E-state index contributed by atoms with van der Waals surface area (Å²) in [6.45, 7) is 2.17. The van der Waals surface area contributed by atoms with Crippen molar-refractivity contribution >= 4 is 11.8 Å². The second-order valence-electron chi connectivity index (χ2n) is 4.30. The van der Waals surface area contributed by atoms with E-state index in [0.717, 1.165) is 11.7 Å². The van der Waals surface area contributed by atoms with Gasteiger partial charge >= 0.3 is 0 Å². The number of thioether (sulfide) groups is 1. The molecule has 1 aromatic rings. The van der Waals surface area contributed by atoms with Gasteiger partial charge in [-0.3, -0.25) is 0 Å². The molecule has 0 saturated heterocycles. The van der Waals surface area contributed by atoms with Gasteiger partial charge in [0.1, 0.15) is 0 Å². The van der Waals surface area contributed by atoms with Crippen molar-refractivity contribution in [3.05, 3.63) is 29.8 Å². The number of nitrogens with two attached hydrogens (primary N) is 1. The molecule has 1 nitrogen and oxygen atoms in total. The first kappa shape index (κ1) is 11.0. The van der Waals surface area contributed by atoms with Crippen LogP contribution in [0.1, 0.15) is 31.7 Å². The van der Waals surface area contributed by atoms with E-state index in [4.69, 9.17) is 5.73 Å². The van der Waals surface area contributed by atoms with Crippen LogP contribution in [0.25, 0.3) is 0 Å². The third-order valence-corrected chi connectivity index (χ3v) is 4.49. The van der Waals surface area contributed by atoms with E-state index in [9.17, 15) is 0 Å². The molecule has 0 fully saturated rings. The Kier molecular flexibility index (Phi) is 3.71. The predicted octanol–water partition coefficient (Wildman–Crippen LogP) is 3.22. The molecule has 1 aliphatic rings. The van der Waals surface area contributed by atoms with Crippen LogP contribution in [-0.2, 0) is 6.42 Å². The van der Waals surface area contributed by atoms with E-state index in [1.807, 2.05) is 11.8 Å². The Morgan fingerprint density at radius 3 is 3.00 bits per heavy atom. The van der Waals surface area contributed by atoms with Gasteiger partial charge in [0.05, 0.1) is 0 Å². The van der Waals surface area contributed by atoms with Gasteiger partial charge in [-0.1, -0.05) is 25.1 Å². The van der Waals surface area contributed by atoms with Crippen molar-refractivity contribution in [1.29, 1.82) is 0 Å². The topological polar surface area (TPSA) is 26.0 Å². The molecule has 2 N–H and O–H groups in total. The summed E-state index contributed by atoms with van der Waals surface area (Å²) in [5.41, 5.74) is 7.47. The van der Waals surface area contributed by atoms with Gasteiger partial charge in [0.15, 0.2) is 0 Å². The molecule has 15 heavy (non-hydrogen) atoms. The van der Waals surface area contributed by atoms with Crippen LogP contribution in [0.2, 0.25) is 0 Å². The minimum atomic E-state index is 0.398. The van der Waals surface area contributed by atoms with E-state index < -0.39 is 0 Å². The lowest BCUT2D eigenvalue weighted by Gasteiger charge is -2.12. The molecule has 1 heterocycles. The number of rotatable bonds is 4. The third kappa shape index (κ3) is 2.76. The molecule has 0 aliphatic carbocycles. The fraction of sp³-hybridized carbons (Fsp3) is 0.538. The highest BCUT2D eigenvalue weighted by atomic mass is 32.2. The molecule has 0 amide bonds. The Morgan fingerprint density at radius 2 is 2.27 bits per heavy atom. The molecule has 0 saturated carbocycles. The zero-order valence-corrected chi connectivity index (χ0v) is 10.1. The molecule has 2 atom stereocenters. The largest absolute Gasteiger partial charge is 0.328 e. The van der Waals surface area contributed by atoms with Crippen LogP contribution >= 0.6 is 11.8 Å². The summed E-state index contributed by atoms with van der Waals surface area (Å²) in [5, 5.41) is 0.764. The van der Waals surface area contributed by atoms with Crippen molar-refractivity contribution in [2.45, 2.75) is 48.8 Å². The third-order valence-electron chi connectivity index (χ3n) is 3.10. The molecular weight excluding hydrogens is 202 g/mol. The van der Waals surface area contributed by atoms with Crippen molar-refractivity contribution in [3.8, 4) is 0 Å². The quantitative estimate of drug-likeness (QED) is 0.845. The summed E-state index contributed by atoms with van der Waals surface area (Å²) in [4.78, 5) is 1.48. The number of hydrogen-bond donors (Lipinski definition) is 1. The van der Waals surface area contributed by atoms with Gasteiger partial charge in [-0.25, -0.2) is 0 Å². The second-order valence-corrected chi connectivity index (χ2v) is 5.64. The molecule has 0 radical (unpaired) electrons. The molecule has 1 aliphatic heterocycles. The zero-order chi connectivity index (χ0) is 10.7. The average molecular weight is 221 g/mol. The lowest BCUT2D eigenvalue weighted by atomic mass is 10.0. The van der Waals surface area contributed by atoms with E-state index in [-0.39, 0.29) is 0 Å². The lowest BCUT2D eigenvalue weighted by Crippen LogP contribution is -2.20. The highest BCUT2D eigenvalue weighted by Crippen LogP contribution is 2.38. The van der Waals surface area contributed by atoms with Gasteiger partial charge in [0, 0.05) is 16.2 Å². The van der Waals surface area contributed by atoms with Gasteiger partial charge in [0.2, 0.25) is 0 Å². The summed E-state index contributed by atoms with van der Waals surface area (Å²) in [5.74, 6) is 0. The second kappa shape index (κ2) is 5.04. The highest BCUT2D eigenvalue weighted by Gasteiger charge is 2.21. The summed E-state index contributed by atoms with van der Waals surface area (Å²) in [7, 11) is 0. The SMILES string of the molecule is CCC(N)CCC1Cc2ccccc2S1. The van der Waals surface area contributed by atoms with Gasteiger partial charge < -0.3 is 5.73 Å². The van der Waals surface area contributed by atoms with Gasteiger partial charge in [-0.2, -0.15) is 0 Å².